The Morgan fingerprint density at radius 2 is 1.87 bits per heavy atom. The molecule has 0 spiro atoms. The van der Waals surface area contributed by atoms with Crippen LogP contribution in [0.4, 0.5) is 0 Å². The highest BCUT2D eigenvalue weighted by Gasteiger charge is 2.13. The van der Waals surface area contributed by atoms with Crippen molar-refractivity contribution in [1.82, 2.24) is 5.32 Å². The van der Waals surface area contributed by atoms with Crippen LogP contribution in [0.2, 0.25) is 0 Å². The molecule has 0 aliphatic heterocycles. The molecule has 0 aliphatic rings. The van der Waals surface area contributed by atoms with Crippen molar-refractivity contribution in [2.75, 3.05) is 6.61 Å². The summed E-state index contributed by atoms with van der Waals surface area (Å²) < 4.78 is 5.46. The highest BCUT2D eigenvalue weighted by atomic mass is 16.5. The van der Waals surface area contributed by atoms with Gasteiger partial charge in [-0.2, -0.15) is 0 Å². The zero-order chi connectivity index (χ0) is 16.8. The van der Waals surface area contributed by atoms with Gasteiger partial charge in [0, 0.05) is 0 Å². The van der Waals surface area contributed by atoms with Crippen molar-refractivity contribution in [2.45, 2.75) is 19.9 Å². The van der Waals surface area contributed by atoms with Gasteiger partial charge in [0.05, 0.1) is 11.6 Å². The number of rotatable bonds is 6. The summed E-state index contributed by atoms with van der Waals surface area (Å²) in [5, 5.41) is 2.85. The number of hydrogen-bond acceptors (Lipinski definition) is 3. The lowest BCUT2D eigenvalue weighted by Gasteiger charge is -2.15. The molecule has 0 aromatic heterocycles. The molecule has 0 aliphatic carbocycles. The van der Waals surface area contributed by atoms with E-state index in [4.69, 9.17) is 10.5 Å². The van der Waals surface area contributed by atoms with E-state index < -0.39 is 5.91 Å². The highest BCUT2D eigenvalue weighted by molar-refractivity contribution is 5.95. The zero-order valence-electron chi connectivity index (χ0n) is 13.2. The van der Waals surface area contributed by atoms with Gasteiger partial charge in [-0.3, -0.25) is 9.59 Å². The molecular weight excluding hydrogens is 292 g/mol. The van der Waals surface area contributed by atoms with Gasteiger partial charge in [-0.1, -0.05) is 36.4 Å². The molecule has 0 saturated carbocycles. The molecule has 0 saturated heterocycles. The lowest BCUT2D eigenvalue weighted by molar-refractivity contribution is -0.123. The average Bonchev–Trinajstić information content (AvgIpc) is 2.53. The van der Waals surface area contributed by atoms with Gasteiger partial charge in [0.15, 0.2) is 6.61 Å². The van der Waals surface area contributed by atoms with Crippen LogP contribution in [0.3, 0.4) is 0 Å². The molecule has 2 amide bonds. The summed E-state index contributed by atoms with van der Waals surface area (Å²) in [6.07, 6.45) is 0. The van der Waals surface area contributed by atoms with Crippen LogP contribution in [-0.2, 0) is 4.79 Å². The normalized spacial score (nSPS) is 11.6. The zero-order valence-corrected chi connectivity index (χ0v) is 13.2. The van der Waals surface area contributed by atoms with Crippen LogP contribution >= 0.6 is 0 Å². The first-order valence-electron chi connectivity index (χ1n) is 7.35. The predicted molar refractivity (Wildman–Crippen MR) is 88.2 cm³/mol. The summed E-state index contributed by atoms with van der Waals surface area (Å²) in [7, 11) is 0. The van der Waals surface area contributed by atoms with Crippen molar-refractivity contribution in [2.24, 2.45) is 5.73 Å². The minimum Gasteiger partial charge on any atom is -0.483 e. The number of nitrogens with two attached hydrogens (primary N) is 1. The maximum atomic E-state index is 12.0. The van der Waals surface area contributed by atoms with E-state index >= 15 is 0 Å². The van der Waals surface area contributed by atoms with E-state index in [0.717, 1.165) is 11.1 Å². The number of amides is 2. The average molecular weight is 312 g/mol. The Hall–Kier alpha value is -2.82. The molecule has 0 bridgehead atoms. The topological polar surface area (TPSA) is 81.4 Å². The second-order valence-electron chi connectivity index (χ2n) is 5.35. The molecule has 2 aromatic rings. The molecular formula is C18H20N2O3. The van der Waals surface area contributed by atoms with E-state index in [1.54, 1.807) is 18.2 Å². The van der Waals surface area contributed by atoms with Crippen molar-refractivity contribution in [3.8, 4) is 5.75 Å². The number of aryl methyl sites for hydroxylation is 1. The molecule has 0 radical (unpaired) electrons. The summed E-state index contributed by atoms with van der Waals surface area (Å²) in [6, 6.07) is 14.6. The van der Waals surface area contributed by atoms with Gasteiger partial charge < -0.3 is 15.8 Å². The van der Waals surface area contributed by atoms with Crippen molar-refractivity contribution in [1.29, 1.82) is 0 Å². The maximum Gasteiger partial charge on any atom is 0.258 e. The van der Waals surface area contributed by atoms with E-state index in [1.165, 1.54) is 0 Å². The molecule has 1 atom stereocenters. The van der Waals surface area contributed by atoms with Gasteiger partial charge in [0.1, 0.15) is 5.75 Å². The first kappa shape index (κ1) is 16.5. The molecule has 0 fully saturated rings. The smallest absolute Gasteiger partial charge is 0.258 e. The SMILES string of the molecule is Cc1ccc(C(N)=O)c(OCC(=O)N[C@@H](C)c2ccccc2)c1. The van der Waals surface area contributed by atoms with Crippen LogP contribution in [-0.4, -0.2) is 18.4 Å². The third-order valence-electron chi connectivity index (χ3n) is 3.44. The monoisotopic (exact) mass is 312 g/mol. The lowest BCUT2D eigenvalue weighted by Crippen LogP contribution is -2.31. The Morgan fingerprint density at radius 1 is 1.17 bits per heavy atom. The fourth-order valence-electron chi connectivity index (χ4n) is 2.20. The summed E-state index contributed by atoms with van der Waals surface area (Å²) >= 11 is 0. The molecule has 2 rings (SSSR count). The van der Waals surface area contributed by atoms with Gasteiger partial charge in [-0.05, 0) is 37.1 Å². The summed E-state index contributed by atoms with van der Waals surface area (Å²) in [5.41, 5.74) is 7.50. The Labute approximate surface area is 135 Å². The highest BCUT2D eigenvalue weighted by Crippen LogP contribution is 2.20. The Kier molecular flexibility index (Phi) is 5.36. The van der Waals surface area contributed by atoms with Crippen LogP contribution in [0.5, 0.6) is 5.75 Å². The van der Waals surface area contributed by atoms with Crippen LogP contribution in [0.15, 0.2) is 48.5 Å². The van der Waals surface area contributed by atoms with Crippen molar-refractivity contribution in [3.05, 3.63) is 65.2 Å². The number of ether oxygens (including phenoxy) is 1. The predicted octanol–water partition coefficient (Wildman–Crippen LogP) is 2.35. The minimum absolute atomic E-state index is 0.125. The van der Waals surface area contributed by atoms with Gasteiger partial charge in [-0.15, -0.1) is 0 Å². The van der Waals surface area contributed by atoms with Crippen molar-refractivity contribution in [3.63, 3.8) is 0 Å². The fourth-order valence-corrected chi connectivity index (χ4v) is 2.20. The number of benzene rings is 2. The van der Waals surface area contributed by atoms with Gasteiger partial charge in [0.25, 0.3) is 11.8 Å². The minimum atomic E-state index is -0.585. The number of carbonyl (C=O) groups excluding carboxylic acids is 2. The molecule has 5 heteroatoms. The second kappa shape index (κ2) is 7.45. The van der Waals surface area contributed by atoms with E-state index in [1.807, 2.05) is 44.2 Å². The second-order valence-corrected chi connectivity index (χ2v) is 5.35. The summed E-state index contributed by atoms with van der Waals surface area (Å²) in [5.74, 6) is -0.531. The first-order chi connectivity index (χ1) is 11.0. The van der Waals surface area contributed by atoms with Gasteiger partial charge >= 0.3 is 0 Å². The Morgan fingerprint density at radius 3 is 2.52 bits per heavy atom. The Balaban J connectivity index is 1.97. The standard InChI is InChI=1S/C18H20N2O3/c1-12-8-9-15(18(19)22)16(10-12)23-11-17(21)20-13(2)14-6-4-3-5-7-14/h3-10,13H,11H2,1-2H3,(H2,19,22)(H,20,21)/t13-/m0/s1. The van der Waals surface area contributed by atoms with E-state index in [0.29, 0.717) is 5.75 Å². The number of primary amides is 1. The molecule has 120 valence electrons. The van der Waals surface area contributed by atoms with Crippen molar-refractivity contribution < 1.29 is 14.3 Å². The molecule has 3 N–H and O–H groups in total. The summed E-state index contributed by atoms with van der Waals surface area (Å²) in [6.45, 7) is 3.59. The molecule has 5 nitrogen and oxygen atoms in total. The van der Waals surface area contributed by atoms with Crippen LogP contribution in [0.1, 0.15) is 34.5 Å². The van der Waals surface area contributed by atoms with Crippen LogP contribution in [0.25, 0.3) is 0 Å². The fraction of sp³-hybridized carbons (Fsp3) is 0.222. The van der Waals surface area contributed by atoms with Crippen molar-refractivity contribution >= 4 is 11.8 Å². The number of hydrogen-bond donors (Lipinski definition) is 2. The largest absolute Gasteiger partial charge is 0.483 e. The van der Waals surface area contributed by atoms with E-state index in [9.17, 15) is 9.59 Å². The maximum absolute atomic E-state index is 12.0. The number of nitrogens with one attached hydrogen (secondary N) is 1. The van der Waals surface area contributed by atoms with Crippen LogP contribution < -0.4 is 15.8 Å². The molecule has 2 aromatic carbocycles. The molecule has 0 unspecified atom stereocenters. The Bertz CT molecular complexity index is 699. The van der Waals surface area contributed by atoms with Crippen LogP contribution in [0, 0.1) is 6.92 Å². The lowest BCUT2D eigenvalue weighted by atomic mass is 10.1. The third-order valence-corrected chi connectivity index (χ3v) is 3.44. The van der Waals surface area contributed by atoms with Gasteiger partial charge in [-0.25, -0.2) is 0 Å². The van der Waals surface area contributed by atoms with E-state index in [2.05, 4.69) is 5.32 Å². The molecule has 0 heterocycles. The number of carbonyl (C=O) groups is 2. The van der Waals surface area contributed by atoms with E-state index in [-0.39, 0.29) is 24.1 Å². The molecule has 23 heavy (non-hydrogen) atoms. The summed E-state index contributed by atoms with van der Waals surface area (Å²) in [4.78, 5) is 23.4. The third kappa shape index (κ3) is 4.57. The quantitative estimate of drug-likeness (QED) is 0.859. The van der Waals surface area contributed by atoms with Gasteiger partial charge in [0.2, 0.25) is 0 Å². The first-order valence-corrected chi connectivity index (χ1v) is 7.35.